The molecule has 13 heteroatoms. The van der Waals surface area contributed by atoms with E-state index in [0.717, 1.165) is 22.9 Å². The molecular weight excluding hydrogens is 447 g/mol. The topological polar surface area (TPSA) is 139 Å². The lowest BCUT2D eigenvalue weighted by Gasteiger charge is -2.16. The van der Waals surface area contributed by atoms with Crippen LogP contribution in [0.3, 0.4) is 0 Å². The molecule has 0 aliphatic rings. The van der Waals surface area contributed by atoms with Gasteiger partial charge in [-0.1, -0.05) is 29.4 Å². The maximum Gasteiger partial charge on any atom is 0.511 e. The predicted octanol–water partition coefficient (Wildman–Crippen LogP) is 4.37. The van der Waals surface area contributed by atoms with Crippen LogP contribution in [0.4, 0.5) is 23.7 Å². The van der Waals surface area contributed by atoms with Crippen LogP contribution < -0.4 is 16.0 Å². The van der Waals surface area contributed by atoms with Crippen LogP contribution in [0.1, 0.15) is 16.7 Å². The number of ether oxygens (including phenoxy) is 1. The molecule has 0 radical (unpaired) electrons. The summed E-state index contributed by atoms with van der Waals surface area (Å²) in [4.78, 5) is 39.4. The van der Waals surface area contributed by atoms with Crippen molar-refractivity contribution in [3.05, 3.63) is 96.6 Å². The van der Waals surface area contributed by atoms with E-state index in [2.05, 4.69) is 14.8 Å². The first-order valence-corrected chi connectivity index (χ1v) is 9.11. The van der Waals surface area contributed by atoms with Crippen molar-refractivity contribution in [2.75, 3.05) is 0 Å². The standard InChI is InChI=1S/C20H14F3N5O5/c1-11-12(3-2-4-15(11)20(21,22)23)9-28-17(29)16(33-19(31)32)10-27(18(28)30)14-7-5-13(6-8-14)25-26-24/h2-8,10H,9H2,1H3,(H,31,32). The number of carboxylic acid groups (broad SMARTS) is 1. The Morgan fingerprint density at radius 1 is 1.18 bits per heavy atom. The van der Waals surface area contributed by atoms with Gasteiger partial charge in [0.25, 0.3) is 5.56 Å². The molecule has 1 aromatic heterocycles. The SMILES string of the molecule is Cc1c(Cn2c(=O)c(OC(=O)O)cn(-c3ccc(N=[N+]=[N-])cc3)c2=O)cccc1C(F)(F)F. The summed E-state index contributed by atoms with van der Waals surface area (Å²) in [6.45, 7) is 0.634. The Morgan fingerprint density at radius 3 is 2.42 bits per heavy atom. The molecule has 3 aromatic rings. The van der Waals surface area contributed by atoms with E-state index in [1.165, 1.54) is 37.3 Å². The first kappa shape index (κ1) is 23.2. The monoisotopic (exact) mass is 461 g/mol. The van der Waals surface area contributed by atoms with Crippen LogP contribution in [0.25, 0.3) is 16.1 Å². The number of hydrogen-bond acceptors (Lipinski definition) is 5. The molecular formula is C20H14F3N5O5. The molecule has 10 nitrogen and oxygen atoms in total. The van der Waals surface area contributed by atoms with Crippen LogP contribution in [0.15, 0.2) is 63.4 Å². The van der Waals surface area contributed by atoms with Crippen molar-refractivity contribution in [2.24, 2.45) is 5.11 Å². The van der Waals surface area contributed by atoms with Crippen molar-refractivity contribution in [2.45, 2.75) is 19.6 Å². The number of alkyl halides is 3. The molecule has 0 bridgehead atoms. The zero-order valence-electron chi connectivity index (χ0n) is 16.8. The molecule has 0 fully saturated rings. The fourth-order valence-electron chi connectivity index (χ4n) is 3.13. The van der Waals surface area contributed by atoms with E-state index in [0.29, 0.717) is 4.57 Å². The molecule has 0 spiro atoms. The number of carbonyl (C=O) groups is 1. The van der Waals surface area contributed by atoms with E-state index in [-0.39, 0.29) is 22.5 Å². The van der Waals surface area contributed by atoms with Gasteiger partial charge in [0.15, 0.2) is 0 Å². The van der Waals surface area contributed by atoms with Crippen molar-refractivity contribution < 1.29 is 27.8 Å². The molecule has 3 rings (SSSR count). The summed E-state index contributed by atoms with van der Waals surface area (Å²) in [5.41, 5.74) is 5.69. The summed E-state index contributed by atoms with van der Waals surface area (Å²) >= 11 is 0. The van der Waals surface area contributed by atoms with E-state index in [1.54, 1.807) is 0 Å². The third-order valence-corrected chi connectivity index (χ3v) is 4.70. The van der Waals surface area contributed by atoms with Gasteiger partial charge in [-0.25, -0.2) is 9.59 Å². The molecule has 0 atom stereocenters. The molecule has 0 aliphatic carbocycles. The third-order valence-electron chi connectivity index (χ3n) is 4.70. The maximum absolute atomic E-state index is 13.3. The predicted molar refractivity (Wildman–Crippen MR) is 109 cm³/mol. The quantitative estimate of drug-likeness (QED) is 0.260. The lowest BCUT2D eigenvalue weighted by atomic mass is 10.0. The van der Waals surface area contributed by atoms with Crippen LogP contribution in [0.5, 0.6) is 5.75 Å². The highest BCUT2D eigenvalue weighted by molar-refractivity contribution is 5.60. The van der Waals surface area contributed by atoms with Gasteiger partial charge in [0.1, 0.15) is 0 Å². The van der Waals surface area contributed by atoms with Crippen LogP contribution >= 0.6 is 0 Å². The lowest BCUT2D eigenvalue weighted by Crippen LogP contribution is -2.40. The van der Waals surface area contributed by atoms with Gasteiger partial charge in [0.05, 0.1) is 24.0 Å². The van der Waals surface area contributed by atoms with Crippen LogP contribution in [-0.4, -0.2) is 20.4 Å². The minimum atomic E-state index is -4.65. The van der Waals surface area contributed by atoms with Crippen LogP contribution in [0.2, 0.25) is 0 Å². The van der Waals surface area contributed by atoms with Gasteiger partial charge >= 0.3 is 18.0 Å². The molecule has 0 saturated carbocycles. The number of hydrogen-bond donors (Lipinski definition) is 1. The van der Waals surface area contributed by atoms with Gasteiger partial charge < -0.3 is 9.84 Å². The normalized spacial score (nSPS) is 11.0. The number of benzene rings is 2. The van der Waals surface area contributed by atoms with Gasteiger partial charge in [-0.3, -0.25) is 13.9 Å². The van der Waals surface area contributed by atoms with E-state index >= 15 is 0 Å². The smallest absolute Gasteiger partial charge is 0.449 e. The minimum absolute atomic E-state index is 0.0294. The molecule has 0 amide bonds. The second-order valence-corrected chi connectivity index (χ2v) is 6.70. The van der Waals surface area contributed by atoms with Gasteiger partial charge in [-0.15, -0.1) is 0 Å². The zero-order valence-corrected chi connectivity index (χ0v) is 16.8. The molecule has 1 N–H and O–H groups in total. The maximum atomic E-state index is 13.3. The Hall–Kier alpha value is -4.51. The Labute approximate surface area is 182 Å². The first-order chi connectivity index (χ1) is 15.5. The second kappa shape index (κ2) is 8.93. The van der Waals surface area contributed by atoms with Gasteiger partial charge in [0, 0.05) is 10.6 Å². The number of rotatable bonds is 5. The van der Waals surface area contributed by atoms with E-state index in [4.69, 9.17) is 10.6 Å². The Kier molecular flexibility index (Phi) is 6.26. The van der Waals surface area contributed by atoms with Gasteiger partial charge in [0.2, 0.25) is 5.75 Å². The van der Waals surface area contributed by atoms with Crippen molar-refractivity contribution >= 4 is 11.8 Å². The summed E-state index contributed by atoms with van der Waals surface area (Å²) in [7, 11) is 0. The van der Waals surface area contributed by atoms with Gasteiger partial charge in [-0.05, 0) is 41.8 Å². The van der Waals surface area contributed by atoms with Crippen LogP contribution in [-0.2, 0) is 12.7 Å². The minimum Gasteiger partial charge on any atom is -0.449 e. The van der Waals surface area contributed by atoms with Crippen molar-refractivity contribution in [1.82, 2.24) is 9.13 Å². The number of halogens is 3. The summed E-state index contributed by atoms with van der Waals surface area (Å²) in [5, 5.41) is 12.3. The summed E-state index contributed by atoms with van der Waals surface area (Å²) < 4.78 is 45.7. The third kappa shape index (κ3) is 4.88. The molecule has 0 unspecified atom stereocenters. The fourth-order valence-corrected chi connectivity index (χ4v) is 3.13. The van der Waals surface area contributed by atoms with E-state index < -0.39 is 41.4 Å². The highest BCUT2D eigenvalue weighted by Crippen LogP contribution is 2.33. The zero-order chi connectivity index (χ0) is 24.3. The largest absolute Gasteiger partial charge is 0.511 e. The molecule has 0 aliphatic heterocycles. The summed E-state index contributed by atoms with van der Waals surface area (Å²) in [5.74, 6) is -0.731. The first-order valence-electron chi connectivity index (χ1n) is 9.11. The van der Waals surface area contributed by atoms with Crippen molar-refractivity contribution in [3.8, 4) is 11.4 Å². The number of aromatic nitrogens is 2. The molecule has 1 heterocycles. The molecule has 33 heavy (non-hydrogen) atoms. The summed E-state index contributed by atoms with van der Waals surface area (Å²) in [6.07, 6.45) is -5.61. The second-order valence-electron chi connectivity index (χ2n) is 6.70. The average molecular weight is 461 g/mol. The highest BCUT2D eigenvalue weighted by Gasteiger charge is 2.33. The van der Waals surface area contributed by atoms with Gasteiger partial charge in [-0.2, -0.15) is 13.2 Å². The van der Waals surface area contributed by atoms with Crippen molar-refractivity contribution in [3.63, 3.8) is 0 Å². The fraction of sp³-hybridized carbons (Fsp3) is 0.150. The van der Waals surface area contributed by atoms with E-state index in [9.17, 15) is 27.6 Å². The number of azide groups is 1. The Balaban J connectivity index is 2.20. The average Bonchev–Trinajstić information content (AvgIpc) is 2.74. The Morgan fingerprint density at radius 2 is 1.85 bits per heavy atom. The lowest BCUT2D eigenvalue weighted by molar-refractivity contribution is -0.138. The number of nitrogens with zero attached hydrogens (tertiary/aromatic N) is 5. The van der Waals surface area contributed by atoms with Crippen LogP contribution in [0, 0.1) is 6.92 Å². The van der Waals surface area contributed by atoms with E-state index in [1.807, 2.05) is 0 Å². The van der Waals surface area contributed by atoms with Crippen molar-refractivity contribution in [1.29, 1.82) is 0 Å². The molecule has 170 valence electrons. The molecule has 0 saturated heterocycles. The summed E-state index contributed by atoms with van der Waals surface area (Å²) in [6, 6.07) is 8.79. The Bertz CT molecular complexity index is 1390. The molecule has 2 aromatic carbocycles. The highest BCUT2D eigenvalue weighted by atomic mass is 19.4.